The maximum absolute atomic E-state index is 12.9. The van der Waals surface area contributed by atoms with Crippen LogP contribution < -0.4 is 4.90 Å². The first-order chi connectivity index (χ1) is 13.1. The predicted molar refractivity (Wildman–Crippen MR) is 113 cm³/mol. The molecular formula is C20H15ClN2O2S2. The summed E-state index contributed by atoms with van der Waals surface area (Å²) in [4.78, 5) is 20.3. The van der Waals surface area contributed by atoms with Crippen LogP contribution in [0.15, 0.2) is 58.5 Å². The molecule has 3 heterocycles. The van der Waals surface area contributed by atoms with Gasteiger partial charge in [0, 0.05) is 16.0 Å². The van der Waals surface area contributed by atoms with Gasteiger partial charge in [-0.1, -0.05) is 29.0 Å². The van der Waals surface area contributed by atoms with Crippen molar-refractivity contribution in [2.24, 2.45) is 0 Å². The molecule has 7 heteroatoms. The van der Waals surface area contributed by atoms with Crippen LogP contribution in [0, 0.1) is 6.92 Å². The molecule has 1 aromatic carbocycles. The Morgan fingerprint density at radius 2 is 2.22 bits per heavy atom. The molecule has 0 aliphatic carbocycles. The highest BCUT2D eigenvalue weighted by atomic mass is 35.5. The van der Waals surface area contributed by atoms with Crippen LogP contribution in [0.4, 0.5) is 5.13 Å². The third-order valence-corrected chi connectivity index (χ3v) is 6.04. The number of fused-ring (bicyclic) bond motifs is 1. The largest absolute Gasteiger partial charge is 0.467 e. The Balaban J connectivity index is 1.71. The average Bonchev–Trinajstić information content (AvgIpc) is 3.38. The highest BCUT2D eigenvalue weighted by molar-refractivity contribution is 7.22. The standard InChI is InChI=1S/C20H15ClN2O2S2/c1-13-10-14(21)11-17-19(13)22-20(27-17)23(12-15-4-2-8-25-15)18(24)7-6-16-5-3-9-26-16/h2-11H,12H2,1H3/b7-6+. The van der Waals surface area contributed by atoms with Crippen LogP contribution in [-0.4, -0.2) is 10.9 Å². The molecule has 0 atom stereocenters. The van der Waals surface area contributed by atoms with Gasteiger partial charge in [-0.25, -0.2) is 4.98 Å². The zero-order valence-corrected chi connectivity index (χ0v) is 16.8. The maximum Gasteiger partial charge on any atom is 0.253 e. The van der Waals surface area contributed by atoms with E-state index >= 15 is 0 Å². The molecule has 0 fully saturated rings. The lowest BCUT2D eigenvalue weighted by molar-refractivity contribution is -0.114. The highest BCUT2D eigenvalue weighted by Crippen LogP contribution is 2.34. The molecule has 0 saturated carbocycles. The summed E-state index contributed by atoms with van der Waals surface area (Å²) in [5, 5.41) is 3.26. The molecule has 0 aliphatic heterocycles. The number of hydrogen-bond donors (Lipinski definition) is 0. The summed E-state index contributed by atoms with van der Waals surface area (Å²) in [5.41, 5.74) is 1.85. The Hall–Kier alpha value is -2.41. The first-order valence-corrected chi connectivity index (χ1v) is 10.3. The van der Waals surface area contributed by atoms with Gasteiger partial charge in [-0.3, -0.25) is 9.69 Å². The predicted octanol–water partition coefficient (Wildman–Crippen LogP) is 6.16. The second-order valence-electron chi connectivity index (χ2n) is 5.92. The summed E-state index contributed by atoms with van der Waals surface area (Å²) < 4.78 is 6.40. The molecule has 0 radical (unpaired) electrons. The van der Waals surface area contributed by atoms with Gasteiger partial charge in [-0.15, -0.1) is 11.3 Å². The molecule has 3 aromatic heterocycles. The molecule has 1 amide bonds. The van der Waals surface area contributed by atoms with Crippen LogP contribution >= 0.6 is 34.3 Å². The van der Waals surface area contributed by atoms with E-state index in [2.05, 4.69) is 0 Å². The summed E-state index contributed by atoms with van der Waals surface area (Å²) in [6, 6.07) is 11.3. The average molecular weight is 415 g/mol. The molecule has 0 saturated heterocycles. The molecule has 0 N–H and O–H groups in total. The van der Waals surface area contributed by atoms with Crippen molar-refractivity contribution < 1.29 is 9.21 Å². The summed E-state index contributed by atoms with van der Waals surface area (Å²) in [6.45, 7) is 2.28. The number of furan rings is 1. The number of anilines is 1. The van der Waals surface area contributed by atoms with Crippen LogP contribution in [0.1, 0.15) is 16.2 Å². The first kappa shape index (κ1) is 18.0. The third kappa shape index (κ3) is 3.98. The number of halogens is 1. The van der Waals surface area contributed by atoms with Gasteiger partial charge in [-0.2, -0.15) is 0 Å². The van der Waals surface area contributed by atoms with E-state index in [1.54, 1.807) is 28.6 Å². The Kier molecular flexibility index (Phi) is 5.11. The van der Waals surface area contributed by atoms with E-state index in [0.717, 1.165) is 20.7 Å². The molecule has 4 rings (SSSR count). The van der Waals surface area contributed by atoms with E-state index < -0.39 is 0 Å². The fraction of sp³-hybridized carbons (Fsp3) is 0.100. The number of nitrogens with zero attached hydrogens (tertiary/aromatic N) is 2. The topological polar surface area (TPSA) is 46.3 Å². The van der Waals surface area contributed by atoms with Crippen molar-refractivity contribution in [3.05, 3.63) is 75.3 Å². The number of thiophene rings is 1. The number of aromatic nitrogens is 1. The Bertz CT molecular complexity index is 1100. The quantitative estimate of drug-likeness (QED) is 0.367. The number of aryl methyl sites for hydroxylation is 1. The van der Waals surface area contributed by atoms with Crippen molar-refractivity contribution in [2.45, 2.75) is 13.5 Å². The fourth-order valence-electron chi connectivity index (χ4n) is 2.69. The van der Waals surface area contributed by atoms with Crippen LogP contribution in [0.3, 0.4) is 0 Å². The van der Waals surface area contributed by atoms with Crippen LogP contribution in [0.25, 0.3) is 16.3 Å². The number of benzene rings is 1. The smallest absolute Gasteiger partial charge is 0.253 e. The Labute approximate surface area is 169 Å². The van der Waals surface area contributed by atoms with E-state index in [9.17, 15) is 4.79 Å². The molecule has 0 bridgehead atoms. The monoisotopic (exact) mass is 414 g/mol. The first-order valence-electron chi connectivity index (χ1n) is 8.22. The molecule has 0 spiro atoms. The minimum Gasteiger partial charge on any atom is -0.467 e. The number of rotatable bonds is 5. The van der Waals surface area contributed by atoms with Crippen LogP contribution in [0.2, 0.25) is 5.02 Å². The number of thiazole rings is 1. The summed E-state index contributed by atoms with van der Waals surface area (Å²) in [6.07, 6.45) is 4.99. The van der Waals surface area contributed by atoms with Gasteiger partial charge < -0.3 is 4.42 Å². The highest BCUT2D eigenvalue weighted by Gasteiger charge is 2.20. The second-order valence-corrected chi connectivity index (χ2v) is 8.34. The van der Waals surface area contributed by atoms with Crippen molar-refractivity contribution in [3.8, 4) is 0 Å². The van der Waals surface area contributed by atoms with Crippen molar-refractivity contribution in [3.63, 3.8) is 0 Å². The van der Waals surface area contributed by atoms with Crippen LogP contribution in [0.5, 0.6) is 0 Å². The molecule has 0 aliphatic rings. The lowest BCUT2D eigenvalue weighted by Gasteiger charge is -2.16. The second kappa shape index (κ2) is 7.68. The number of hydrogen-bond acceptors (Lipinski definition) is 5. The van der Waals surface area contributed by atoms with Gasteiger partial charge in [0.05, 0.1) is 23.0 Å². The van der Waals surface area contributed by atoms with Gasteiger partial charge in [0.25, 0.3) is 5.91 Å². The molecule has 27 heavy (non-hydrogen) atoms. The SMILES string of the molecule is Cc1cc(Cl)cc2sc(N(Cc3ccco3)C(=O)/C=C/c3cccs3)nc12. The lowest BCUT2D eigenvalue weighted by atomic mass is 10.2. The summed E-state index contributed by atoms with van der Waals surface area (Å²) in [5.74, 6) is 0.546. The van der Waals surface area contributed by atoms with Crippen LogP contribution in [-0.2, 0) is 11.3 Å². The molecule has 136 valence electrons. The Morgan fingerprint density at radius 3 is 2.96 bits per heavy atom. The van der Waals surface area contributed by atoms with Gasteiger partial charge in [0.2, 0.25) is 0 Å². The minimum atomic E-state index is -0.150. The van der Waals surface area contributed by atoms with E-state index in [4.69, 9.17) is 21.0 Å². The van der Waals surface area contributed by atoms with Crippen molar-refractivity contribution in [1.29, 1.82) is 0 Å². The zero-order valence-electron chi connectivity index (χ0n) is 14.4. The Morgan fingerprint density at radius 1 is 1.33 bits per heavy atom. The third-order valence-electron chi connectivity index (χ3n) is 3.96. The van der Waals surface area contributed by atoms with Gasteiger partial charge in [0.1, 0.15) is 5.76 Å². The van der Waals surface area contributed by atoms with E-state index in [-0.39, 0.29) is 5.91 Å². The summed E-state index contributed by atoms with van der Waals surface area (Å²) >= 11 is 9.20. The van der Waals surface area contributed by atoms with Crippen molar-refractivity contribution >= 4 is 61.6 Å². The van der Waals surface area contributed by atoms with E-state index in [0.29, 0.717) is 22.5 Å². The van der Waals surface area contributed by atoms with Gasteiger partial charge >= 0.3 is 0 Å². The number of amides is 1. The lowest BCUT2D eigenvalue weighted by Crippen LogP contribution is -2.28. The zero-order chi connectivity index (χ0) is 18.8. The van der Waals surface area contributed by atoms with E-state index in [1.807, 2.05) is 54.8 Å². The number of carbonyl (C=O) groups is 1. The van der Waals surface area contributed by atoms with Crippen molar-refractivity contribution in [1.82, 2.24) is 4.98 Å². The maximum atomic E-state index is 12.9. The van der Waals surface area contributed by atoms with Gasteiger partial charge in [-0.05, 0) is 54.3 Å². The molecule has 0 unspecified atom stereocenters. The van der Waals surface area contributed by atoms with E-state index in [1.165, 1.54) is 11.3 Å². The fourth-order valence-corrected chi connectivity index (χ4v) is 4.73. The van der Waals surface area contributed by atoms with Gasteiger partial charge in [0.15, 0.2) is 5.13 Å². The molecule has 4 nitrogen and oxygen atoms in total. The molecular weight excluding hydrogens is 400 g/mol. The summed E-state index contributed by atoms with van der Waals surface area (Å²) in [7, 11) is 0. The normalized spacial score (nSPS) is 11.5. The van der Waals surface area contributed by atoms with Crippen molar-refractivity contribution in [2.75, 3.05) is 4.90 Å². The molecule has 4 aromatic rings. The number of carbonyl (C=O) groups excluding carboxylic acids is 1. The minimum absolute atomic E-state index is 0.150.